The van der Waals surface area contributed by atoms with Crippen LogP contribution >= 0.6 is 11.9 Å². The van der Waals surface area contributed by atoms with E-state index in [4.69, 9.17) is 0 Å². The van der Waals surface area contributed by atoms with E-state index in [2.05, 4.69) is 25.0 Å². The SMILES string of the molecule is O=C(c1c(F)ccc(NSC2CCCC2)c1F)c1c[nH]c2ncnc(NCC3CC3)c12. The summed E-state index contributed by atoms with van der Waals surface area (Å²) in [5.41, 5.74) is 0.135. The molecule has 2 aromatic heterocycles. The van der Waals surface area contributed by atoms with Crippen LogP contribution in [0.1, 0.15) is 54.4 Å². The predicted molar refractivity (Wildman–Crippen MR) is 118 cm³/mol. The van der Waals surface area contributed by atoms with Gasteiger partial charge in [-0.1, -0.05) is 12.8 Å². The summed E-state index contributed by atoms with van der Waals surface area (Å²) >= 11 is 1.44. The number of rotatable bonds is 8. The van der Waals surface area contributed by atoms with Crippen LogP contribution in [0.4, 0.5) is 20.3 Å². The number of fused-ring (bicyclic) bond motifs is 1. The topological polar surface area (TPSA) is 82.7 Å². The second-order valence-electron chi connectivity index (χ2n) is 8.21. The van der Waals surface area contributed by atoms with Crippen LogP contribution in [0.5, 0.6) is 0 Å². The first-order valence-electron chi connectivity index (χ1n) is 10.6. The van der Waals surface area contributed by atoms with E-state index in [1.165, 1.54) is 30.5 Å². The summed E-state index contributed by atoms with van der Waals surface area (Å²) in [6.45, 7) is 0.742. The Balaban J connectivity index is 1.46. The third kappa shape index (κ3) is 4.11. The Labute approximate surface area is 182 Å². The number of nitrogens with zero attached hydrogens (tertiary/aromatic N) is 2. The normalized spacial score (nSPS) is 16.7. The molecule has 162 valence electrons. The highest BCUT2D eigenvalue weighted by Gasteiger charge is 2.27. The van der Waals surface area contributed by atoms with Gasteiger partial charge in [0.2, 0.25) is 5.78 Å². The highest BCUT2D eigenvalue weighted by atomic mass is 32.2. The van der Waals surface area contributed by atoms with Gasteiger partial charge in [-0.3, -0.25) is 4.79 Å². The second-order valence-corrected chi connectivity index (χ2v) is 9.32. The van der Waals surface area contributed by atoms with Crippen molar-refractivity contribution in [2.24, 2.45) is 5.92 Å². The summed E-state index contributed by atoms with van der Waals surface area (Å²) in [5.74, 6) is -1.42. The van der Waals surface area contributed by atoms with Crippen molar-refractivity contribution in [3.8, 4) is 0 Å². The van der Waals surface area contributed by atoms with Gasteiger partial charge in [-0.15, -0.1) is 0 Å². The van der Waals surface area contributed by atoms with Crippen molar-refractivity contribution in [2.75, 3.05) is 16.6 Å². The molecule has 3 N–H and O–H groups in total. The summed E-state index contributed by atoms with van der Waals surface area (Å²) in [5, 5.41) is 4.10. The number of hydrogen-bond donors (Lipinski definition) is 3. The molecule has 2 aliphatic carbocycles. The number of benzene rings is 1. The van der Waals surface area contributed by atoms with Crippen molar-refractivity contribution in [1.29, 1.82) is 0 Å². The maximum atomic E-state index is 15.2. The number of H-pyrrole nitrogens is 1. The highest BCUT2D eigenvalue weighted by molar-refractivity contribution is 8.01. The molecule has 2 aliphatic rings. The molecule has 2 saturated carbocycles. The zero-order valence-corrected chi connectivity index (χ0v) is 17.7. The summed E-state index contributed by atoms with van der Waals surface area (Å²) in [7, 11) is 0. The van der Waals surface area contributed by atoms with Crippen LogP contribution in [-0.2, 0) is 0 Å². The van der Waals surface area contributed by atoms with Crippen molar-refractivity contribution in [1.82, 2.24) is 15.0 Å². The lowest BCUT2D eigenvalue weighted by atomic mass is 10.0. The van der Waals surface area contributed by atoms with Gasteiger partial charge in [0.1, 0.15) is 23.6 Å². The van der Waals surface area contributed by atoms with Gasteiger partial charge in [0, 0.05) is 18.0 Å². The van der Waals surface area contributed by atoms with Gasteiger partial charge in [0.25, 0.3) is 0 Å². The molecule has 0 spiro atoms. The Bertz CT molecular complexity index is 1120. The number of nitrogens with one attached hydrogen (secondary N) is 3. The molecular weight excluding hydrogens is 420 g/mol. The lowest BCUT2D eigenvalue weighted by Crippen LogP contribution is -2.11. The molecule has 1 aromatic carbocycles. The minimum atomic E-state index is -0.891. The molecule has 0 amide bonds. The number of carbonyl (C=O) groups is 1. The van der Waals surface area contributed by atoms with Crippen LogP contribution in [0, 0.1) is 17.6 Å². The minimum Gasteiger partial charge on any atom is -0.369 e. The van der Waals surface area contributed by atoms with Crippen LogP contribution in [-0.4, -0.2) is 32.5 Å². The standard InChI is InChI=1S/C22H23F2N5OS/c23-15-7-8-16(29-31-13-3-1-2-4-13)19(24)18(15)20(30)14-10-26-22-17(14)21(27-11-28-22)25-9-12-5-6-12/h7-8,10-13,29H,1-6,9H2,(H2,25,26,27,28). The molecule has 2 heterocycles. The molecular formula is C22H23F2N5OS. The van der Waals surface area contributed by atoms with Gasteiger partial charge in [-0.2, -0.15) is 0 Å². The van der Waals surface area contributed by atoms with E-state index in [0.29, 0.717) is 28.0 Å². The molecule has 3 aromatic rings. The summed E-state index contributed by atoms with van der Waals surface area (Å²) in [6.07, 6.45) is 9.62. The third-order valence-electron chi connectivity index (χ3n) is 5.93. The monoisotopic (exact) mass is 443 g/mol. The Hall–Kier alpha value is -2.68. The maximum Gasteiger partial charge on any atom is 0.201 e. The minimum absolute atomic E-state index is 0.116. The Morgan fingerprint density at radius 3 is 2.74 bits per heavy atom. The van der Waals surface area contributed by atoms with E-state index < -0.39 is 23.0 Å². The van der Waals surface area contributed by atoms with Crippen molar-refractivity contribution in [3.05, 3.63) is 47.4 Å². The third-order valence-corrected chi connectivity index (χ3v) is 7.07. The quantitative estimate of drug-likeness (QED) is 0.324. The van der Waals surface area contributed by atoms with E-state index in [9.17, 15) is 9.18 Å². The second kappa shape index (κ2) is 8.45. The summed E-state index contributed by atoms with van der Waals surface area (Å²) < 4.78 is 32.8. The van der Waals surface area contributed by atoms with Crippen molar-refractivity contribution in [2.45, 2.75) is 43.8 Å². The number of carbonyl (C=O) groups excluding carboxylic acids is 1. The molecule has 0 aliphatic heterocycles. The van der Waals surface area contributed by atoms with Crippen LogP contribution in [0.25, 0.3) is 11.0 Å². The fraction of sp³-hybridized carbons (Fsp3) is 0.409. The van der Waals surface area contributed by atoms with E-state index in [1.807, 2.05) is 0 Å². The molecule has 0 radical (unpaired) electrons. The molecule has 0 unspecified atom stereocenters. The van der Waals surface area contributed by atoms with E-state index >= 15 is 4.39 Å². The maximum absolute atomic E-state index is 15.2. The van der Waals surface area contributed by atoms with Crippen LogP contribution < -0.4 is 10.0 Å². The first kappa shape index (κ1) is 20.2. The highest BCUT2D eigenvalue weighted by Crippen LogP contribution is 2.34. The molecule has 9 heteroatoms. The number of hydrogen-bond acceptors (Lipinski definition) is 6. The molecule has 5 rings (SSSR count). The van der Waals surface area contributed by atoms with Crippen molar-refractivity contribution >= 4 is 40.3 Å². The van der Waals surface area contributed by atoms with Crippen LogP contribution in [0.2, 0.25) is 0 Å². The van der Waals surface area contributed by atoms with Gasteiger partial charge in [0.05, 0.1) is 22.2 Å². The molecule has 0 bridgehead atoms. The van der Waals surface area contributed by atoms with Gasteiger partial charge < -0.3 is 15.0 Å². The summed E-state index contributed by atoms with van der Waals surface area (Å²) in [4.78, 5) is 24.6. The number of aromatic amines is 1. The lowest BCUT2D eigenvalue weighted by Gasteiger charge is -2.13. The van der Waals surface area contributed by atoms with Gasteiger partial charge in [-0.05, 0) is 55.7 Å². The summed E-state index contributed by atoms with van der Waals surface area (Å²) in [6, 6.07) is 2.47. The first-order chi connectivity index (χ1) is 15.1. The number of ketones is 1. The first-order valence-corrected chi connectivity index (χ1v) is 11.5. The van der Waals surface area contributed by atoms with E-state index in [-0.39, 0.29) is 11.3 Å². The largest absolute Gasteiger partial charge is 0.369 e. The lowest BCUT2D eigenvalue weighted by molar-refractivity contribution is 0.103. The number of aromatic nitrogens is 3. The molecule has 31 heavy (non-hydrogen) atoms. The van der Waals surface area contributed by atoms with E-state index in [0.717, 1.165) is 51.1 Å². The fourth-order valence-electron chi connectivity index (χ4n) is 3.97. The molecule has 6 nitrogen and oxygen atoms in total. The predicted octanol–water partition coefficient (Wildman–Crippen LogP) is 5.29. The number of anilines is 2. The zero-order valence-electron chi connectivity index (χ0n) is 16.9. The van der Waals surface area contributed by atoms with Crippen molar-refractivity contribution in [3.63, 3.8) is 0 Å². The zero-order chi connectivity index (χ0) is 21.4. The van der Waals surface area contributed by atoms with Crippen LogP contribution in [0.3, 0.4) is 0 Å². The Kier molecular flexibility index (Phi) is 5.52. The van der Waals surface area contributed by atoms with Crippen LogP contribution in [0.15, 0.2) is 24.7 Å². The molecule has 2 fully saturated rings. The Morgan fingerprint density at radius 1 is 1.16 bits per heavy atom. The van der Waals surface area contributed by atoms with E-state index in [1.54, 1.807) is 0 Å². The van der Waals surface area contributed by atoms with Gasteiger partial charge in [-0.25, -0.2) is 18.7 Å². The number of halogens is 2. The van der Waals surface area contributed by atoms with Gasteiger partial charge >= 0.3 is 0 Å². The average Bonchev–Trinajstić information content (AvgIpc) is 3.25. The smallest absolute Gasteiger partial charge is 0.201 e. The van der Waals surface area contributed by atoms with Crippen molar-refractivity contribution < 1.29 is 13.6 Å². The Morgan fingerprint density at radius 2 is 1.97 bits per heavy atom. The average molecular weight is 444 g/mol. The fourth-order valence-corrected chi connectivity index (χ4v) is 4.99. The van der Waals surface area contributed by atoms with Gasteiger partial charge in [0.15, 0.2) is 5.82 Å². The molecule has 0 atom stereocenters. The molecule has 0 saturated heterocycles.